The van der Waals surface area contributed by atoms with Crippen molar-refractivity contribution in [3.05, 3.63) is 35.8 Å². The molecule has 11 heteroatoms. The number of carbonyl (C=O) groups is 2. The third-order valence-electron chi connectivity index (χ3n) is 5.49. The number of benzene rings is 1. The zero-order valence-corrected chi connectivity index (χ0v) is 17.3. The van der Waals surface area contributed by atoms with Crippen molar-refractivity contribution in [3.63, 3.8) is 0 Å². The molecule has 1 aliphatic carbocycles. The predicted octanol–water partition coefficient (Wildman–Crippen LogP) is 2.28. The number of carbonyl (C=O) groups excluding carboxylic acids is 2. The summed E-state index contributed by atoms with van der Waals surface area (Å²) in [6, 6.07) is 4.20. The Labute approximate surface area is 182 Å². The van der Waals surface area contributed by atoms with Crippen molar-refractivity contribution in [1.82, 2.24) is 19.9 Å². The summed E-state index contributed by atoms with van der Waals surface area (Å²) in [6.45, 7) is 0.660. The van der Waals surface area contributed by atoms with Crippen LogP contribution < -0.4 is 25.4 Å². The zero-order valence-electron chi connectivity index (χ0n) is 17.3. The summed E-state index contributed by atoms with van der Waals surface area (Å²) in [4.78, 5) is 29.6. The quantitative estimate of drug-likeness (QED) is 0.395. The van der Waals surface area contributed by atoms with Gasteiger partial charge in [-0.15, -0.1) is 0 Å². The topological polar surface area (TPSA) is 119 Å². The molecule has 1 aromatic carbocycles. The van der Waals surface area contributed by atoms with Crippen LogP contribution in [-0.4, -0.2) is 52.6 Å². The summed E-state index contributed by atoms with van der Waals surface area (Å²) >= 11 is 0. The minimum absolute atomic E-state index is 0.0349. The molecule has 32 heavy (non-hydrogen) atoms. The number of fused-ring (bicyclic) bond motifs is 2. The highest BCUT2D eigenvalue weighted by Gasteiger charge is 2.27. The van der Waals surface area contributed by atoms with Gasteiger partial charge in [0, 0.05) is 31.3 Å². The van der Waals surface area contributed by atoms with E-state index in [1.165, 1.54) is 22.8 Å². The van der Waals surface area contributed by atoms with Crippen molar-refractivity contribution >= 4 is 34.7 Å². The fraction of sp³-hybridized carbons (Fsp3) is 0.333. The van der Waals surface area contributed by atoms with E-state index >= 15 is 0 Å². The predicted molar refractivity (Wildman–Crippen MR) is 113 cm³/mol. The van der Waals surface area contributed by atoms with E-state index in [-0.39, 0.29) is 17.3 Å². The fourth-order valence-corrected chi connectivity index (χ4v) is 3.64. The Balaban J connectivity index is 1.51. The van der Waals surface area contributed by atoms with Gasteiger partial charge in [-0.05, 0) is 19.3 Å². The maximum Gasteiger partial charge on any atom is 0.292 e. The van der Waals surface area contributed by atoms with Crippen LogP contribution in [0.2, 0.25) is 0 Å². The standard InChI is InChI=1S/C21H21FN6O4/c1-23-17-9-16(26-14-7-11(22)8-15-19(14)32-6-5-31-15)27-20-13(10-24-28(17)20)18(29)21(30)25-12-3-2-4-12/h7-10,12,23H,2-6H2,1H3,(H,25,30)(H,26,27). The Kier molecular flexibility index (Phi) is 5.00. The largest absolute Gasteiger partial charge is 0.486 e. The lowest BCUT2D eigenvalue weighted by Gasteiger charge is -2.25. The van der Waals surface area contributed by atoms with E-state index in [9.17, 15) is 14.0 Å². The first-order valence-corrected chi connectivity index (χ1v) is 10.3. The van der Waals surface area contributed by atoms with E-state index in [1.54, 1.807) is 13.1 Å². The number of halogens is 1. The molecule has 0 saturated heterocycles. The van der Waals surface area contributed by atoms with E-state index in [1.807, 2.05) is 0 Å². The molecule has 1 fully saturated rings. The van der Waals surface area contributed by atoms with Gasteiger partial charge in [-0.1, -0.05) is 0 Å². The molecule has 10 nitrogen and oxygen atoms in total. The molecule has 0 bridgehead atoms. The first-order chi connectivity index (χ1) is 15.5. The first kappa shape index (κ1) is 20.0. The van der Waals surface area contributed by atoms with E-state index in [2.05, 4.69) is 26.0 Å². The Morgan fingerprint density at radius 3 is 2.75 bits per heavy atom. The Morgan fingerprint density at radius 2 is 2.00 bits per heavy atom. The second kappa shape index (κ2) is 7.98. The molecule has 5 rings (SSSR count). The van der Waals surface area contributed by atoms with Gasteiger partial charge < -0.3 is 25.4 Å². The van der Waals surface area contributed by atoms with Gasteiger partial charge in [0.15, 0.2) is 17.1 Å². The molecule has 3 N–H and O–H groups in total. The summed E-state index contributed by atoms with van der Waals surface area (Å²) in [5.74, 6) is -0.411. The number of amides is 1. The number of nitrogens with zero attached hydrogens (tertiary/aromatic N) is 3. The van der Waals surface area contributed by atoms with Gasteiger partial charge in [0.25, 0.3) is 11.7 Å². The molecule has 1 aliphatic heterocycles. The van der Waals surface area contributed by atoms with E-state index in [0.29, 0.717) is 42.0 Å². The molecule has 2 aliphatic rings. The average Bonchev–Trinajstić information content (AvgIpc) is 3.18. The molecule has 1 amide bonds. The fourth-order valence-electron chi connectivity index (χ4n) is 3.64. The highest BCUT2D eigenvalue weighted by molar-refractivity contribution is 6.44. The third kappa shape index (κ3) is 3.55. The summed E-state index contributed by atoms with van der Waals surface area (Å²) in [7, 11) is 1.69. The maximum atomic E-state index is 14.1. The second-order valence-corrected chi connectivity index (χ2v) is 7.60. The number of ether oxygens (including phenoxy) is 2. The number of anilines is 3. The molecule has 3 aromatic rings. The molecule has 0 unspecified atom stereocenters. The van der Waals surface area contributed by atoms with Crippen LogP contribution in [0, 0.1) is 5.82 Å². The Bertz CT molecular complexity index is 1220. The van der Waals surface area contributed by atoms with E-state index in [0.717, 1.165) is 19.3 Å². The summed E-state index contributed by atoms with van der Waals surface area (Å²) < 4.78 is 26.6. The Hall–Kier alpha value is -3.89. The lowest BCUT2D eigenvalue weighted by atomic mass is 9.93. The van der Waals surface area contributed by atoms with Crippen LogP contribution in [-0.2, 0) is 4.79 Å². The molecule has 0 atom stereocenters. The molecule has 2 aromatic heterocycles. The van der Waals surface area contributed by atoms with Crippen molar-refractivity contribution in [2.24, 2.45) is 0 Å². The van der Waals surface area contributed by atoms with Gasteiger partial charge >= 0.3 is 0 Å². The van der Waals surface area contributed by atoms with Crippen molar-refractivity contribution in [2.45, 2.75) is 25.3 Å². The molecular weight excluding hydrogens is 419 g/mol. The smallest absolute Gasteiger partial charge is 0.292 e. The van der Waals surface area contributed by atoms with Crippen LogP contribution in [0.15, 0.2) is 24.4 Å². The van der Waals surface area contributed by atoms with Crippen LogP contribution in [0.25, 0.3) is 5.65 Å². The minimum Gasteiger partial charge on any atom is -0.486 e. The molecule has 0 spiro atoms. The van der Waals surface area contributed by atoms with Crippen molar-refractivity contribution < 1.29 is 23.5 Å². The number of aromatic nitrogens is 3. The molecular formula is C21H21FN6O4. The van der Waals surface area contributed by atoms with Crippen LogP contribution in [0.3, 0.4) is 0 Å². The Morgan fingerprint density at radius 1 is 1.19 bits per heavy atom. The SMILES string of the molecule is CNc1cc(Nc2cc(F)cc3c2OCCO3)nc2c(C(=O)C(=O)NC3CCC3)cnn12. The van der Waals surface area contributed by atoms with Crippen LogP contribution in [0.1, 0.15) is 29.6 Å². The molecule has 166 valence electrons. The summed E-state index contributed by atoms with van der Waals surface area (Å²) in [6.07, 6.45) is 4.09. The lowest BCUT2D eigenvalue weighted by molar-refractivity contribution is -0.118. The van der Waals surface area contributed by atoms with Gasteiger partial charge in [-0.3, -0.25) is 9.59 Å². The number of nitrogens with one attached hydrogen (secondary N) is 3. The number of rotatable bonds is 6. The van der Waals surface area contributed by atoms with E-state index in [4.69, 9.17) is 9.47 Å². The minimum atomic E-state index is -0.710. The first-order valence-electron chi connectivity index (χ1n) is 10.3. The molecule has 0 radical (unpaired) electrons. The normalized spacial score (nSPS) is 15.2. The van der Waals surface area contributed by atoms with Gasteiger partial charge in [-0.25, -0.2) is 9.37 Å². The van der Waals surface area contributed by atoms with Crippen LogP contribution >= 0.6 is 0 Å². The number of hydrogen-bond acceptors (Lipinski definition) is 8. The number of Topliss-reactive ketones (excluding diaryl/α,β-unsaturated/α-hetero) is 1. The maximum absolute atomic E-state index is 14.1. The van der Waals surface area contributed by atoms with Crippen LogP contribution in [0.5, 0.6) is 11.5 Å². The lowest BCUT2D eigenvalue weighted by Crippen LogP contribution is -2.42. The molecule has 1 saturated carbocycles. The number of hydrogen-bond donors (Lipinski definition) is 3. The van der Waals surface area contributed by atoms with E-state index < -0.39 is 17.5 Å². The van der Waals surface area contributed by atoms with Crippen molar-refractivity contribution in [2.75, 3.05) is 30.9 Å². The summed E-state index contributed by atoms with van der Waals surface area (Å²) in [5, 5.41) is 12.9. The van der Waals surface area contributed by atoms with Crippen molar-refractivity contribution in [1.29, 1.82) is 0 Å². The van der Waals surface area contributed by atoms with Crippen molar-refractivity contribution in [3.8, 4) is 11.5 Å². The summed E-state index contributed by atoms with van der Waals surface area (Å²) in [5.41, 5.74) is 0.590. The zero-order chi connectivity index (χ0) is 22.2. The highest BCUT2D eigenvalue weighted by atomic mass is 19.1. The van der Waals surface area contributed by atoms with Gasteiger partial charge in [0.05, 0.1) is 17.4 Å². The molecule has 3 heterocycles. The van der Waals surface area contributed by atoms with Gasteiger partial charge in [0.2, 0.25) is 0 Å². The van der Waals surface area contributed by atoms with Gasteiger partial charge in [-0.2, -0.15) is 9.61 Å². The monoisotopic (exact) mass is 440 g/mol. The second-order valence-electron chi connectivity index (χ2n) is 7.60. The highest BCUT2D eigenvalue weighted by Crippen LogP contribution is 2.40. The van der Waals surface area contributed by atoms with Gasteiger partial charge in [0.1, 0.15) is 30.7 Å². The van der Waals surface area contributed by atoms with Crippen LogP contribution in [0.4, 0.5) is 21.7 Å². The average molecular weight is 440 g/mol. The third-order valence-corrected chi connectivity index (χ3v) is 5.49. The number of ketones is 1.